The molecule has 90 valence electrons. The summed E-state index contributed by atoms with van der Waals surface area (Å²) in [4.78, 5) is 12.2. The molecule has 2 aromatic carbocycles. The van der Waals surface area contributed by atoms with Gasteiger partial charge in [-0.15, -0.1) is 0 Å². The van der Waals surface area contributed by atoms with Gasteiger partial charge >= 0.3 is 0 Å². The Morgan fingerprint density at radius 1 is 1.00 bits per heavy atom. The predicted octanol–water partition coefficient (Wildman–Crippen LogP) is 2.59. The third-order valence-corrected chi connectivity index (χ3v) is 3.10. The Morgan fingerprint density at radius 3 is 2.39 bits per heavy atom. The standard InChI is InChI=1S/C15H13NO2/c16-12-9-5-4-8-11(12)13(17)15-14(18-15)10-6-2-1-3-7-10/h1-9,14-15H,16H2. The van der Waals surface area contributed by atoms with Crippen molar-refractivity contribution in [3.8, 4) is 0 Å². The number of Topliss-reactive ketones (excluding diaryl/α,β-unsaturated/α-hetero) is 1. The van der Waals surface area contributed by atoms with Crippen LogP contribution in [-0.2, 0) is 4.74 Å². The lowest BCUT2D eigenvalue weighted by Gasteiger charge is -2.01. The molecule has 0 saturated carbocycles. The second-order valence-electron chi connectivity index (χ2n) is 4.34. The van der Waals surface area contributed by atoms with Gasteiger partial charge in [-0.25, -0.2) is 0 Å². The first kappa shape index (κ1) is 11.0. The molecule has 1 saturated heterocycles. The number of carbonyl (C=O) groups excluding carboxylic acids is 1. The monoisotopic (exact) mass is 239 g/mol. The van der Waals surface area contributed by atoms with Crippen LogP contribution in [0.3, 0.4) is 0 Å². The molecule has 0 aromatic heterocycles. The van der Waals surface area contributed by atoms with Gasteiger partial charge in [-0.2, -0.15) is 0 Å². The number of ketones is 1. The highest BCUT2D eigenvalue weighted by Gasteiger charge is 2.46. The third kappa shape index (κ3) is 1.89. The summed E-state index contributed by atoms with van der Waals surface area (Å²) in [5.74, 6) is -0.0399. The topological polar surface area (TPSA) is 55.6 Å². The van der Waals surface area contributed by atoms with Crippen LogP contribution in [0.25, 0.3) is 0 Å². The Morgan fingerprint density at radius 2 is 1.67 bits per heavy atom. The summed E-state index contributed by atoms with van der Waals surface area (Å²) < 4.78 is 5.47. The van der Waals surface area contributed by atoms with E-state index >= 15 is 0 Å². The number of ether oxygens (including phenoxy) is 1. The fourth-order valence-corrected chi connectivity index (χ4v) is 2.08. The lowest BCUT2D eigenvalue weighted by Crippen LogP contribution is -2.10. The second-order valence-corrected chi connectivity index (χ2v) is 4.34. The molecule has 0 bridgehead atoms. The summed E-state index contributed by atoms with van der Waals surface area (Å²) in [6.07, 6.45) is -0.518. The second kappa shape index (κ2) is 4.27. The number of anilines is 1. The van der Waals surface area contributed by atoms with Crippen LogP contribution in [0.1, 0.15) is 22.0 Å². The average molecular weight is 239 g/mol. The molecule has 0 aliphatic carbocycles. The van der Waals surface area contributed by atoms with Crippen LogP contribution in [0.5, 0.6) is 0 Å². The molecule has 3 rings (SSSR count). The quantitative estimate of drug-likeness (QED) is 0.509. The molecule has 3 nitrogen and oxygen atoms in total. The number of nitrogens with two attached hydrogens (primary N) is 1. The minimum atomic E-state index is -0.392. The molecule has 1 aliphatic heterocycles. The van der Waals surface area contributed by atoms with Crippen LogP contribution in [0.4, 0.5) is 5.69 Å². The van der Waals surface area contributed by atoms with Crippen molar-refractivity contribution in [2.24, 2.45) is 0 Å². The van der Waals surface area contributed by atoms with Crippen molar-refractivity contribution in [3.63, 3.8) is 0 Å². The molecule has 18 heavy (non-hydrogen) atoms. The van der Waals surface area contributed by atoms with Crippen LogP contribution in [0, 0.1) is 0 Å². The molecule has 2 atom stereocenters. The van der Waals surface area contributed by atoms with E-state index in [0.717, 1.165) is 5.56 Å². The van der Waals surface area contributed by atoms with Gasteiger partial charge in [0.05, 0.1) is 0 Å². The molecule has 2 unspecified atom stereocenters. The zero-order valence-electron chi connectivity index (χ0n) is 9.74. The molecule has 2 aromatic rings. The van der Waals surface area contributed by atoms with Gasteiger partial charge in [0, 0.05) is 11.3 Å². The van der Waals surface area contributed by atoms with Crippen LogP contribution in [0.2, 0.25) is 0 Å². The normalized spacial score (nSPS) is 21.6. The maximum absolute atomic E-state index is 12.2. The van der Waals surface area contributed by atoms with E-state index in [4.69, 9.17) is 10.5 Å². The van der Waals surface area contributed by atoms with Gasteiger partial charge in [-0.1, -0.05) is 42.5 Å². The summed E-state index contributed by atoms with van der Waals surface area (Å²) in [5, 5.41) is 0. The van der Waals surface area contributed by atoms with Crippen LogP contribution >= 0.6 is 0 Å². The van der Waals surface area contributed by atoms with E-state index in [-0.39, 0.29) is 11.9 Å². The molecule has 0 spiro atoms. The fraction of sp³-hybridized carbons (Fsp3) is 0.133. The van der Waals surface area contributed by atoms with Gasteiger partial charge in [0.25, 0.3) is 0 Å². The van der Waals surface area contributed by atoms with Crippen molar-refractivity contribution in [2.75, 3.05) is 5.73 Å². The minimum Gasteiger partial charge on any atom is -0.398 e. The fourth-order valence-electron chi connectivity index (χ4n) is 2.08. The molecular weight excluding hydrogens is 226 g/mol. The number of nitrogen functional groups attached to an aromatic ring is 1. The van der Waals surface area contributed by atoms with Crippen LogP contribution in [0.15, 0.2) is 54.6 Å². The van der Waals surface area contributed by atoms with E-state index in [1.54, 1.807) is 12.1 Å². The van der Waals surface area contributed by atoms with Gasteiger partial charge in [0.15, 0.2) is 11.9 Å². The van der Waals surface area contributed by atoms with Crippen molar-refractivity contribution >= 4 is 11.5 Å². The van der Waals surface area contributed by atoms with Gasteiger partial charge < -0.3 is 10.5 Å². The summed E-state index contributed by atoms with van der Waals surface area (Å²) in [5.41, 5.74) is 7.87. The van der Waals surface area contributed by atoms with Crippen molar-refractivity contribution in [1.82, 2.24) is 0 Å². The summed E-state index contributed by atoms with van der Waals surface area (Å²) >= 11 is 0. The van der Waals surface area contributed by atoms with Crippen molar-refractivity contribution in [3.05, 3.63) is 65.7 Å². The smallest absolute Gasteiger partial charge is 0.196 e. The third-order valence-electron chi connectivity index (χ3n) is 3.10. The zero-order valence-corrected chi connectivity index (χ0v) is 9.74. The minimum absolute atomic E-state index is 0.0399. The van der Waals surface area contributed by atoms with E-state index in [1.165, 1.54) is 0 Å². The lowest BCUT2D eigenvalue weighted by atomic mass is 10.0. The first-order valence-corrected chi connectivity index (χ1v) is 5.86. The number of hydrogen-bond acceptors (Lipinski definition) is 3. The maximum Gasteiger partial charge on any atom is 0.196 e. The molecule has 1 fully saturated rings. The Bertz CT molecular complexity index is 580. The highest BCUT2D eigenvalue weighted by Crippen LogP contribution is 2.40. The highest BCUT2D eigenvalue weighted by atomic mass is 16.6. The van der Waals surface area contributed by atoms with Gasteiger partial charge in [-0.05, 0) is 17.7 Å². The van der Waals surface area contributed by atoms with E-state index < -0.39 is 6.10 Å². The summed E-state index contributed by atoms with van der Waals surface area (Å²) in [7, 11) is 0. The molecule has 0 radical (unpaired) electrons. The summed E-state index contributed by atoms with van der Waals surface area (Å²) in [6.45, 7) is 0. The largest absolute Gasteiger partial charge is 0.398 e. The molecular formula is C15H13NO2. The number of carbonyl (C=O) groups is 1. The Kier molecular flexibility index (Phi) is 2.61. The Balaban J connectivity index is 1.80. The molecule has 3 heteroatoms. The maximum atomic E-state index is 12.2. The predicted molar refractivity (Wildman–Crippen MR) is 69.2 cm³/mol. The lowest BCUT2D eigenvalue weighted by molar-refractivity contribution is 0.0954. The highest BCUT2D eigenvalue weighted by molar-refractivity contribution is 6.05. The number of benzene rings is 2. The molecule has 2 N–H and O–H groups in total. The van der Waals surface area contributed by atoms with Gasteiger partial charge in [0.2, 0.25) is 0 Å². The van der Waals surface area contributed by atoms with Crippen LogP contribution < -0.4 is 5.73 Å². The SMILES string of the molecule is Nc1ccccc1C(=O)C1OC1c1ccccc1. The molecule has 1 heterocycles. The van der Waals surface area contributed by atoms with Crippen molar-refractivity contribution < 1.29 is 9.53 Å². The number of para-hydroxylation sites is 1. The average Bonchev–Trinajstić information content (AvgIpc) is 3.20. The Labute approximate surface area is 105 Å². The van der Waals surface area contributed by atoms with Gasteiger partial charge in [-0.3, -0.25) is 4.79 Å². The van der Waals surface area contributed by atoms with E-state index in [9.17, 15) is 4.79 Å². The van der Waals surface area contributed by atoms with Crippen LogP contribution in [-0.4, -0.2) is 11.9 Å². The number of hydrogen-bond donors (Lipinski definition) is 1. The van der Waals surface area contributed by atoms with Crippen molar-refractivity contribution in [1.29, 1.82) is 0 Å². The molecule has 0 amide bonds. The van der Waals surface area contributed by atoms with Crippen molar-refractivity contribution in [2.45, 2.75) is 12.2 Å². The zero-order chi connectivity index (χ0) is 12.5. The van der Waals surface area contributed by atoms with E-state index in [0.29, 0.717) is 11.3 Å². The van der Waals surface area contributed by atoms with Gasteiger partial charge in [0.1, 0.15) is 6.10 Å². The Hall–Kier alpha value is -2.13. The number of rotatable bonds is 3. The molecule has 1 aliphatic rings. The first-order valence-electron chi connectivity index (χ1n) is 5.86. The number of epoxide rings is 1. The van der Waals surface area contributed by atoms with E-state index in [1.807, 2.05) is 42.5 Å². The summed E-state index contributed by atoms with van der Waals surface area (Å²) in [6, 6.07) is 16.8. The first-order chi connectivity index (χ1) is 8.77. The van der Waals surface area contributed by atoms with E-state index in [2.05, 4.69) is 0 Å².